The highest BCUT2D eigenvalue weighted by Crippen LogP contribution is 2.54. The molecule has 0 atom stereocenters. The molecule has 0 amide bonds. The number of halogens is 2. The lowest BCUT2D eigenvalue weighted by Gasteiger charge is -2.09. The Morgan fingerprint density at radius 2 is 1.73 bits per heavy atom. The first-order chi connectivity index (χ1) is 5.04. The van der Waals surface area contributed by atoms with Crippen LogP contribution in [-0.4, -0.2) is 19.0 Å². The summed E-state index contributed by atoms with van der Waals surface area (Å²) in [6, 6.07) is 0. The predicted octanol–water partition coefficient (Wildman–Crippen LogP) is 3.84. The van der Waals surface area contributed by atoms with E-state index in [9.17, 15) is 8.39 Å². The van der Waals surface area contributed by atoms with Gasteiger partial charge in [-0.15, -0.1) is 0 Å². The van der Waals surface area contributed by atoms with E-state index < -0.39 is 15.8 Å². The molecule has 11 heavy (non-hydrogen) atoms. The molecule has 0 bridgehead atoms. The fraction of sp³-hybridized carbons (Fsp3) is 0.714. The van der Waals surface area contributed by atoms with Gasteiger partial charge in [0.25, 0.3) is 0 Å². The zero-order valence-corrected chi connectivity index (χ0v) is 8.85. The van der Waals surface area contributed by atoms with E-state index in [1.165, 1.54) is 0 Å². The molecule has 0 saturated heterocycles. The summed E-state index contributed by atoms with van der Waals surface area (Å²) in [7, 11) is -4.32. The molecule has 0 aromatic rings. The summed E-state index contributed by atoms with van der Waals surface area (Å²) in [5.41, 5.74) is 4.75. The zero-order chi connectivity index (χ0) is 8.91. The molecule has 64 valence electrons. The Morgan fingerprint density at radius 1 is 1.27 bits per heavy atom. The van der Waals surface area contributed by atoms with Gasteiger partial charge in [-0.05, 0) is 13.8 Å². The highest BCUT2D eigenvalue weighted by molar-refractivity contribution is 7.80. The van der Waals surface area contributed by atoms with Crippen molar-refractivity contribution in [3.05, 3.63) is 0 Å². The molecular weight excluding hydrogens is 184 g/mol. The van der Waals surface area contributed by atoms with Crippen LogP contribution in [0.5, 0.6) is 0 Å². The van der Waals surface area contributed by atoms with Crippen molar-refractivity contribution in [2.75, 3.05) is 19.0 Å². The van der Waals surface area contributed by atoms with Crippen LogP contribution in [0, 0.1) is 11.3 Å². The van der Waals surface area contributed by atoms with E-state index in [-0.39, 0.29) is 0 Å². The lowest BCUT2D eigenvalue weighted by Crippen LogP contribution is -1.92. The Bertz CT molecular complexity index is 165. The van der Waals surface area contributed by atoms with Gasteiger partial charge in [0.2, 0.25) is 0 Å². The molecule has 0 aliphatic carbocycles. The van der Waals surface area contributed by atoms with Gasteiger partial charge in [0, 0.05) is 5.66 Å². The number of hydrogen-bond donors (Lipinski definition) is 0. The van der Waals surface area contributed by atoms with Gasteiger partial charge in [0.05, 0.1) is 31.9 Å². The first-order valence-corrected chi connectivity index (χ1v) is 7.26. The molecular formula is C7H13F2P2+. The SMILES string of the molecule is CC[P+](C)(C#CP(F)F)CC. The van der Waals surface area contributed by atoms with Crippen molar-refractivity contribution in [2.24, 2.45) is 0 Å². The molecule has 0 aromatic carbocycles. The smallest absolute Gasteiger partial charge is 0.173 e. The largest absolute Gasteiger partial charge is 0.348 e. The lowest BCUT2D eigenvalue weighted by atomic mass is 11.0. The first-order valence-electron chi connectivity index (χ1n) is 3.53. The van der Waals surface area contributed by atoms with Crippen LogP contribution in [0.4, 0.5) is 8.39 Å². The van der Waals surface area contributed by atoms with Crippen LogP contribution in [0.3, 0.4) is 0 Å². The zero-order valence-electron chi connectivity index (χ0n) is 7.06. The maximum Gasteiger partial charge on any atom is 0.348 e. The van der Waals surface area contributed by atoms with Crippen molar-refractivity contribution < 1.29 is 8.39 Å². The molecule has 0 radical (unpaired) electrons. The summed E-state index contributed by atoms with van der Waals surface area (Å²) in [6.07, 6.45) is 1.89. The number of rotatable bonds is 2. The average molecular weight is 197 g/mol. The Labute approximate surface area is 69.1 Å². The van der Waals surface area contributed by atoms with Crippen LogP contribution in [0.2, 0.25) is 0 Å². The quantitative estimate of drug-likeness (QED) is 0.466. The van der Waals surface area contributed by atoms with Crippen molar-refractivity contribution in [2.45, 2.75) is 13.8 Å². The monoisotopic (exact) mass is 197 g/mol. The Kier molecular flexibility index (Phi) is 5.15. The summed E-state index contributed by atoms with van der Waals surface area (Å²) in [5.74, 6) is 0. The summed E-state index contributed by atoms with van der Waals surface area (Å²) < 4.78 is 23.5. The summed E-state index contributed by atoms with van der Waals surface area (Å²) in [4.78, 5) is 0. The highest BCUT2D eigenvalue weighted by Gasteiger charge is 2.24. The maximum atomic E-state index is 11.7. The third-order valence-corrected chi connectivity index (χ3v) is 5.70. The summed E-state index contributed by atoms with van der Waals surface area (Å²) in [5, 5.41) is 0. The molecule has 0 rings (SSSR count). The molecule has 4 heteroatoms. The average Bonchev–Trinajstić information content (AvgIpc) is 2.00. The van der Waals surface area contributed by atoms with Crippen LogP contribution >= 0.6 is 15.8 Å². The van der Waals surface area contributed by atoms with Gasteiger partial charge in [0.1, 0.15) is 0 Å². The van der Waals surface area contributed by atoms with Crippen molar-refractivity contribution in [1.82, 2.24) is 0 Å². The standard InChI is InChI=1S/C7H13F2P2/c1-4-11(3,5-2)7-6-10(8)9/h4-5H2,1-3H3/q+1. The van der Waals surface area contributed by atoms with E-state index in [0.717, 1.165) is 12.3 Å². The second-order valence-corrected chi connectivity index (χ2v) is 7.45. The van der Waals surface area contributed by atoms with E-state index in [4.69, 9.17) is 0 Å². The molecule has 0 saturated carbocycles. The van der Waals surface area contributed by atoms with Gasteiger partial charge in [-0.1, -0.05) is 0 Å². The van der Waals surface area contributed by atoms with Crippen molar-refractivity contribution in [1.29, 1.82) is 0 Å². The number of hydrogen-bond acceptors (Lipinski definition) is 0. The van der Waals surface area contributed by atoms with Crippen molar-refractivity contribution in [3.8, 4) is 11.3 Å². The maximum absolute atomic E-state index is 11.7. The molecule has 0 heterocycles. The molecule has 0 fully saturated rings. The van der Waals surface area contributed by atoms with Crippen LogP contribution in [-0.2, 0) is 0 Å². The molecule has 0 unspecified atom stereocenters. The molecule has 0 aromatic heterocycles. The Balaban J connectivity index is 4.21. The minimum Gasteiger partial charge on any atom is -0.173 e. The second-order valence-electron chi connectivity index (χ2n) is 2.48. The minimum absolute atomic E-state index is 0.944. The summed E-state index contributed by atoms with van der Waals surface area (Å²) in [6.45, 7) is 6.06. The molecule has 0 nitrogen and oxygen atoms in total. The Hall–Kier alpha value is 0.280. The summed E-state index contributed by atoms with van der Waals surface area (Å²) >= 11 is 0. The van der Waals surface area contributed by atoms with Crippen LogP contribution in [0.15, 0.2) is 0 Å². The van der Waals surface area contributed by atoms with Gasteiger partial charge in [-0.3, -0.25) is 0 Å². The van der Waals surface area contributed by atoms with E-state index in [1.54, 1.807) is 0 Å². The topological polar surface area (TPSA) is 0 Å². The van der Waals surface area contributed by atoms with E-state index in [0.29, 0.717) is 0 Å². The third kappa shape index (κ3) is 4.67. The van der Waals surface area contributed by atoms with Gasteiger partial charge in [-0.25, -0.2) is 0 Å². The van der Waals surface area contributed by atoms with E-state index in [1.807, 2.05) is 26.2 Å². The van der Waals surface area contributed by atoms with E-state index >= 15 is 0 Å². The van der Waals surface area contributed by atoms with Gasteiger partial charge in [-0.2, -0.15) is 8.39 Å². The van der Waals surface area contributed by atoms with Crippen LogP contribution in [0.25, 0.3) is 0 Å². The molecule has 0 spiro atoms. The predicted molar refractivity (Wildman–Crippen MR) is 50.8 cm³/mol. The normalized spacial score (nSPS) is 11.1. The molecule has 0 aliphatic rings. The second kappa shape index (κ2) is 5.02. The highest BCUT2D eigenvalue weighted by atomic mass is 31.2. The fourth-order valence-electron chi connectivity index (χ4n) is 0.540. The molecule has 0 aliphatic heterocycles. The van der Waals surface area contributed by atoms with Crippen molar-refractivity contribution in [3.63, 3.8) is 0 Å². The van der Waals surface area contributed by atoms with E-state index in [2.05, 4.69) is 5.66 Å². The fourth-order valence-corrected chi connectivity index (χ4v) is 2.57. The first kappa shape index (κ1) is 11.3. The van der Waals surface area contributed by atoms with Crippen LogP contribution < -0.4 is 0 Å². The van der Waals surface area contributed by atoms with Crippen LogP contribution in [0.1, 0.15) is 13.8 Å². The van der Waals surface area contributed by atoms with Gasteiger partial charge >= 0.3 is 8.54 Å². The van der Waals surface area contributed by atoms with Crippen molar-refractivity contribution >= 4 is 15.8 Å². The third-order valence-electron chi connectivity index (χ3n) is 1.80. The molecule has 0 N–H and O–H groups in total. The van der Waals surface area contributed by atoms with Gasteiger partial charge < -0.3 is 0 Å². The van der Waals surface area contributed by atoms with Gasteiger partial charge in [0.15, 0.2) is 0 Å². The minimum atomic E-state index is -3.01. The lowest BCUT2D eigenvalue weighted by molar-refractivity contribution is 0.766. The Morgan fingerprint density at radius 3 is 2.00 bits per heavy atom.